The lowest BCUT2D eigenvalue weighted by Crippen LogP contribution is -2.23. The number of nitrogens with zero attached hydrogens (tertiary/aromatic N) is 3. The minimum absolute atomic E-state index is 0.123. The van der Waals surface area contributed by atoms with E-state index in [1.54, 1.807) is 35.8 Å². The van der Waals surface area contributed by atoms with Crippen LogP contribution in [0.25, 0.3) is 22.2 Å². The number of aryl methyl sites for hydroxylation is 2. The van der Waals surface area contributed by atoms with E-state index >= 15 is 0 Å². The van der Waals surface area contributed by atoms with E-state index in [4.69, 9.17) is 4.74 Å². The van der Waals surface area contributed by atoms with E-state index in [0.29, 0.717) is 34.4 Å². The van der Waals surface area contributed by atoms with Crippen molar-refractivity contribution in [2.75, 3.05) is 0 Å². The molecule has 0 amide bonds. The van der Waals surface area contributed by atoms with Gasteiger partial charge in [-0.3, -0.25) is 4.79 Å². The van der Waals surface area contributed by atoms with Crippen molar-refractivity contribution in [2.24, 2.45) is 0 Å². The molecule has 0 N–H and O–H groups in total. The van der Waals surface area contributed by atoms with Gasteiger partial charge in [0.2, 0.25) is 0 Å². The maximum absolute atomic E-state index is 12.6. The Morgan fingerprint density at radius 3 is 2.56 bits per heavy atom. The number of hydrogen-bond donors (Lipinski definition) is 0. The molecular formula is C26H21N3O3. The molecule has 0 bridgehead atoms. The van der Waals surface area contributed by atoms with Crippen molar-refractivity contribution in [3.8, 4) is 17.2 Å². The highest BCUT2D eigenvalue weighted by Gasteiger charge is 2.13. The van der Waals surface area contributed by atoms with Gasteiger partial charge in [-0.1, -0.05) is 42.5 Å². The van der Waals surface area contributed by atoms with Crippen LogP contribution in [0.15, 0.2) is 71.5 Å². The molecule has 0 saturated carbocycles. The van der Waals surface area contributed by atoms with Crippen LogP contribution in [0.3, 0.4) is 0 Å². The van der Waals surface area contributed by atoms with Crippen molar-refractivity contribution in [1.82, 2.24) is 9.55 Å². The third kappa shape index (κ3) is 4.01. The second-order valence-electron chi connectivity index (χ2n) is 7.38. The number of ether oxygens (including phenoxy) is 1. The molecular weight excluding hydrogens is 402 g/mol. The predicted octanol–water partition coefficient (Wildman–Crippen LogP) is 4.62. The standard InChI is InChI=1S/C26H21N3O3/c1-3-29-24-13-12-20(14-23(24)28-17(2)25(29)30)26(31)32-16-18-8-10-19(11-9-18)22-7-5-4-6-21(22)15-27/h4-14H,3,16H2,1-2H3. The molecule has 0 saturated heterocycles. The summed E-state index contributed by atoms with van der Waals surface area (Å²) in [5.74, 6) is -0.459. The molecule has 0 aliphatic rings. The first-order chi connectivity index (χ1) is 15.5. The topological polar surface area (TPSA) is 85.0 Å². The monoisotopic (exact) mass is 423 g/mol. The summed E-state index contributed by atoms with van der Waals surface area (Å²) in [7, 11) is 0. The van der Waals surface area contributed by atoms with E-state index in [1.807, 2.05) is 49.4 Å². The van der Waals surface area contributed by atoms with Crippen molar-refractivity contribution >= 4 is 17.0 Å². The van der Waals surface area contributed by atoms with Gasteiger partial charge in [-0.2, -0.15) is 5.26 Å². The van der Waals surface area contributed by atoms with Gasteiger partial charge in [0.05, 0.1) is 28.2 Å². The van der Waals surface area contributed by atoms with E-state index < -0.39 is 5.97 Å². The average molecular weight is 423 g/mol. The maximum Gasteiger partial charge on any atom is 0.338 e. The number of nitriles is 1. The zero-order valence-electron chi connectivity index (χ0n) is 17.8. The highest BCUT2D eigenvalue weighted by Crippen LogP contribution is 2.24. The Labute approximate surface area is 185 Å². The first kappa shape index (κ1) is 21.0. The normalized spacial score (nSPS) is 10.7. The number of esters is 1. The first-order valence-electron chi connectivity index (χ1n) is 10.3. The van der Waals surface area contributed by atoms with Crippen molar-refractivity contribution in [3.05, 3.63) is 99.5 Å². The third-order valence-corrected chi connectivity index (χ3v) is 5.34. The molecule has 0 fully saturated rings. The van der Waals surface area contributed by atoms with E-state index in [1.165, 1.54) is 0 Å². The van der Waals surface area contributed by atoms with Gasteiger partial charge in [-0.05, 0) is 54.8 Å². The molecule has 1 aromatic heterocycles. The highest BCUT2D eigenvalue weighted by atomic mass is 16.5. The predicted molar refractivity (Wildman–Crippen MR) is 122 cm³/mol. The van der Waals surface area contributed by atoms with Crippen LogP contribution >= 0.6 is 0 Å². The smallest absolute Gasteiger partial charge is 0.338 e. The largest absolute Gasteiger partial charge is 0.457 e. The van der Waals surface area contributed by atoms with Gasteiger partial charge in [0.25, 0.3) is 5.56 Å². The van der Waals surface area contributed by atoms with Crippen molar-refractivity contribution in [1.29, 1.82) is 5.26 Å². The van der Waals surface area contributed by atoms with Crippen LogP contribution in [0.4, 0.5) is 0 Å². The fourth-order valence-electron chi connectivity index (χ4n) is 3.66. The molecule has 0 atom stereocenters. The molecule has 3 aromatic carbocycles. The molecule has 6 nitrogen and oxygen atoms in total. The van der Waals surface area contributed by atoms with Gasteiger partial charge in [0, 0.05) is 6.54 Å². The Kier molecular flexibility index (Phi) is 5.82. The van der Waals surface area contributed by atoms with E-state index in [9.17, 15) is 14.9 Å². The Bertz CT molecular complexity index is 1410. The zero-order valence-corrected chi connectivity index (χ0v) is 17.8. The molecule has 0 unspecified atom stereocenters. The van der Waals surface area contributed by atoms with Crippen molar-refractivity contribution in [3.63, 3.8) is 0 Å². The maximum atomic E-state index is 12.6. The van der Waals surface area contributed by atoms with Gasteiger partial charge in [0.15, 0.2) is 0 Å². The quantitative estimate of drug-likeness (QED) is 0.437. The molecule has 4 rings (SSSR count). The third-order valence-electron chi connectivity index (χ3n) is 5.34. The van der Waals surface area contributed by atoms with Crippen LogP contribution in [-0.2, 0) is 17.9 Å². The van der Waals surface area contributed by atoms with Gasteiger partial charge < -0.3 is 9.30 Å². The molecule has 0 radical (unpaired) electrons. The van der Waals surface area contributed by atoms with E-state index in [2.05, 4.69) is 11.1 Å². The fourth-order valence-corrected chi connectivity index (χ4v) is 3.66. The Hall–Kier alpha value is -4.24. The molecule has 4 aromatic rings. The van der Waals surface area contributed by atoms with Crippen molar-refractivity contribution in [2.45, 2.75) is 27.0 Å². The second kappa shape index (κ2) is 8.86. The lowest BCUT2D eigenvalue weighted by molar-refractivity contribution is 0.0473. The number of rotatable bonds is 5. The van der Waals surface area contributed by atoms with Crippen LogP contribution in [0.5, 0.6) is 0 Å². The van der Waals surface area contributed by atoms with Gasteiger partial charge >= 0.3 is 5.97 Å². The number of aromatic nitrogens is 2. The molecule has 1 heterocycles. The van der Waals surface area contributed by atoms with Crippen LogP contribution in [0.2, 0.25) is 0 Å². The summed E-state index contributed by atoms with van der Waals surface area (Å²) >= 11 is 0. The number of fused-ring (bicyclic) bond motifs is 1. The fraction of sp³-hybridized carbons (Fsp3) is 0.154. The number of benzene rings is 3. The Balaban J connectivity index is 1.50. The van der Waals surface area contributed by atoms with Crippen LogP contribution < -0.4 is 5.56 Å². The summed E-state index contributed by atoms with van der Waals surface area (Å²) in [5.41, 5.74) is 5.15. The molecule has 32 heavy (non-hydrogen) atoms. The van der Waals surface area contributed by atoms with Gasteiger partial charge in [-0.15, -0.1) is 0 Å². The second-order valence-corrected chi connectivity index (χ2v) is 7.38. The summed E-state index contributed by atoms with van der Waals surface area (Å²) < 4.78 is 7.11. The molecule has 0 spiro atoms. The lowest BCUT2D eigenvalue weighted by Gasteiger charge is -2.10. The SMILES string of the molecule is CCn1c(=O)c(C)nc2cc(C(=O)OCc3ccc(-c4ccccc4C#N)cc3)ccc21. The van der Waals surface area contributed by atoms with E-state index in [0.717, 1.165) is 16.7 Å². The number of carbonyl (C=O) groups is 1. The van der Waals surface area contributed by atoms with Crippen molar-refractivity contribution < 1.29 is 9.53 Å². The molecule has 158 valence electrons. The van der Waals surface area contributed by atoms with E-state index in [-0.39, 0.29) is 12.2 Å². The summed E-state index contributed by atoms with van der Waals surface area (Å²) in [6.07, 6.45) is 0. The Morgan fingerprint density at radius 2 is 1.84 bits per heavy atom. The van der Waals surface area contributed by atoms with Gasteiger partial charge in [-0.25, -0.2) is 9.78 Å². The summed E-state index contributed by atoms with van der Waals surface area (Å²) in [4.78, 5) is 29.2. The minimum atomic E-state index is -0.459. The highest BCUT2D eigenvalue weighted by molar-refractivity contribution is 5.93. The Morgan fingerprint density at radius 1 is 1.09 bits per heavy atom. The van der Waals surface area contributed by atoms with Crippen LogP contribution in [0.1, 0.15) is 34.1 Å². The van der Waals surface area contributed by atoms with Crippen LogP contribution in [-0.4, -0.2) is 15.5 Å². The average Bonchev–Trinajstić information content (AvgIpc) is 2.83. The number of hydrogen-bond acceptors (Lipinski definition) is 5. The molecule has 6 heteroatoms. The van der Waals surface area contributed by atoms with Gasteiger partial charge in [0.1, 0.15) is 12.3 Å². The summed E-state index contributed by atoms with van der Waals surface area (Å²) in [6.45, 7) is 4.21. The zero-order chi connectivity index (χ0) is 22.7. The molecule has 0 aliphatic heterocycles. The summed E-state index contributed by atoms with van der Waals surface area (Å²) in [5, 5.41) is 9.28. The summed E-state index contributed by atoms with van der Waals surface area (Å²) in [6, 6.07) is 22.2. The first-order valence-corrected chi connectivity index (χ1v) is 10.3. The molecule has 0 aliphatic carbocycles. The van der Waals surface area contributed by atoms with Crippen LogP contribution in [0, 0.1) is 18.3 Å². The lowest BCUT2D eigenvalue weighted by atomic mass is 9.99. The minimum Gasteiger partial charge on any atom is -0.457 e. The number of carbonyl (C=O) groups excluding carboxylic acids is 1.